The molecule has 0 aromatic carbocycles. The zero-order valence-electron chi connectivity index (χ0n) is 10.2. The highest BCUT2D eigenvalue weighted by molar-refractivity contribution is 7.91. The van der Waals surface area contributed by atoms with Crippen LogP contribution in [0.1, 0.15) is 5.56 Å². The van der Waals surface area contributed by atoms with Crippen molar-refractivity contribution in [3.8, 4) is 0 Å². The van der Waals surface area contributed by atoms with Gasteiger partial charge in [0.2, 0.25) is 0 Å². The lowest BCUT2D eigenvalue weighted by Crippen LogP contribution is -2.40. The number of hydrogen-bond donors (Lipinski definition) is 1. The van der Waals surface area contributed by atoms with Crippen molar-refractivity contribution in [2.24, 2.45) is 0 Å². The maximum absolute atomic E-state index is 11.3. The number of pyridine rings is 1. The average molecular weight is 282 g/mol. The molecule has 1 aliphatic rings. The first kappa shape index (κ1) is 13.5. The highest BCUT2D eigenvalue weighted by Crippen LogP contribution is 2.15. The van der Waals surface area contributed by atoms with Crippen molar-refractivity contribution in [2.75, 3.05) is 29.5 Å². The second-order valence-electron chi connectivity index (χ2n) is 4.26. The minimum absolute atomic E-state index is 0.148. The molecule has 102 valence electrons. The Bertz CT molecular complexity index is 579. The fourth-order valence-corrected chi connectivity index (χ4v) is 2.99. The van der Waals surface area contributed by atoms with Crippen LogP contribution in [0.5, 0.6) is 0 Å². The van der Waals surface area contributed by atoms with E-state index in [2.05, 4.69) is 4.98 Å². The van der Waals surface area contributed by atoms with Gasteiger partial charge >= 0.3 is 5.97 Å². The number of carboxylic acid groups (broad SMARTS) is 1. The maximum Gasteiger partial charge on any atom is 0.328 e. The van der Waals surface area contributed by atoms with Crippen molar-refractivity contribution in [3.63, 3.8) is 0 Å². The SMILES string of the molecule is O=C(O)/C=C/c1ccc(N2CCS(=O)(=O)CC2)nc1. The first-order chi connectivity index (χ1) is 8.96. The summed E-state index contributed by atoms with van der Waals surface area (Å²) in [5.74, 6) is -0.00211. The summed E-state index contributed by atoms with van der Waals surface area (Å²) >= 11 is 0. The largest absolute Gasteiger partial charge is 0.478 e. The number of carbonyl (C=O) groups is 1. The van der Waals surface area contributed by atoms with E-state index >= 15 is 0 Å². The average Bonchev–Trinajstić information content (AvgIpc) is 2.37. The highest BCUT2D eigenvalue weighted by atomic mass is 32.2. The summed E-state index contributed by atoms with van der Waals surface area (Å²) in [6, 6.07) is 3.52. The number of nitrogens with zero attached hydrogens (tertiary/aromatic N) is 2. The molecule has 19 heavy (non-hydrogen) atoms. The van der Waals surface area contributed by atoms with Gasteiger partial charge in [0, 0.05) is 25.4 Å². The molecule has 0 atom stereocenters. The number of carboxylic acids is 1. The predicted molar refractivity (Wildman–Crippen MR) is 71.8 cm³/mol. The molecule has 6 nitrogen and oxygen atoms in total. The molecule has 1 fully saturated rings. The van der Waals surface area contributed by atoms with Gasteiger partial charge in [-0.1, -0.05) is 0 Å². The second kappa shape index (κ2) is 5.40. The smallest absolute Gasteiger partial charge is 0.328 e. The highest BCUT2D eigenvalue weighted by Gasteiger charge is 2.22. The zero-order chi connectivity index (χ0) is 13.9. The van der Waals surface area contributed by atoms with Gasteiger partial charge in [-0.3, -0.25) is 0 Å². The summed E-state index contributed by atoms with van der Waals surface area (Å²) < 4.78 is 22.6. The third kappa shape index (κ3) is 3.78. The van der Waals surface area contributed by atoms with E-state index in [1.165, 1.54) is 6.08 Å². The maximum atomic E-state index is 11.3. The van der Waals surface area contributed by atoms with Crippen molar-refractivity contribution in [2.45, 2.75) is 0 Å². The van der Waals surface area contributed by atoms with E-state index in [9.17, 15) is 13.2 Å². The number of anilines is 1. The molecule has 2 rings (SSSR count). The minimum Gasteiger partial charge on any atom is -0.478 e. The molecule has 1 aromatic heterocycles. The molecule has 7 heteroatoms. The van der Waals surface area contributed by atoms with Crippen molar-refractivity contribution >= 4 is 27.7 Å². The molecule has 0 bridgehead atoms. The molecule has 1 saturated heterocycles. The molecule has 0 amide bonds. The fourth-order valence-electron chi connectivity index (χ4n) is 1.79. The quantitative estimate of drug-likeness (QED) is 0.808. The Morgan fingerprint density at radius 2 is 2.00 bits per heavy atom. The van der Waals surface area contributed by atoms with Gasteiger partial charge in [0.05, 0.1) is 11.5 Å². The second-order valence-corrected chi connectivity index (χ2v) is 6.56. The van der Waals surface area contributed by atoms with Crippen LogP contribution in [-0.4, -0.2) is 49.1 Å². The van der Waals surface area contributed by atoms with Crippen LogP contribution in [0, 0.1) is 0 Å². The van der Waals surface area contributed by atoms with E-state index in [-0.39, 0.29) is 11.5 Å². The summed E-state index contributed by atoms with van der Waals surface area (Å²) in [7, 11) is -2.90. The summed E-state index contributed by atoms with van der Waals surface area (Å²) in [4.78, 5) is 16.5. The summed E-state index contributed by atoms with van der Waals surface area (Å²) in [5, 5.41) is 8.51. The molecule has 1 aromatic rings. The zero-order valence-corrected chi connectivity index (χ0v) is 11.0. The van der Waals surface area contributed by atoms with E-state index in [0.29, 0.717) is 24.5 Å². The Morgan fingerprint density at radius 3 is 2.53 bits per heavy atom. The fraction of sp³-hybridized carbons (Fsp3) is 0.333. The number of aliphatic carboxylic acids is 1. The van der Waals surface area contributed by atoms with Crippen LogP contribution in [0.15, 0.2) is 24.4 Å². The van der Waals surface area contributed by atoms with Crippen molar-refractivity contribution in [1.29, 1.82) is 0 Å². The van der Waals surface area contributed by atoms with Crippen LogP contribution >= 0.6 is 0 Å². The Labute approximate surface area is 111 Å². The van der Waals surface area contributed by atoms with E-state index in [0.717, 1.165) is 6.08 Å². The first-order valence-corrected chi connectivity index (χ1v) is 7.61. The molecular weight excluding hydrogens is 268 g/mol. The van der Waals surface area contributed by atoms with Crippen LogP contribution in [0.4, 0.5) is 5.82 Å². The lowest BCUT2D eigenvalue weighted by Gasteiger charge is -2.27. The van der Waals surface area contributed by atoms with E-state index < -0.39 is 15.8 Å². The lowest BCUT2D eigenvalue weighted by molar-refractivity contribution is -0.131. The number of rotatable bonds is 3. The molecule has 1 N–H and O–H groups in total. The van der Waals surface area contributed by atoms with Gasteiger partial charge in [-0.05, 0) is 23.8 Å². The number of sulfone groups is 1. The van der Waals surface area contributed by atoms with Gasteiger partial charge in [0.25, 0.3) is 0 Å². The van der Waals surface area contributed by atoms with Crippen LogP contribution in [-0.2, 0) is 14.6 Å². The molecule has 1 aliphatic heterocycles. The summed E-state index contributed by atoms with van der Waals surface area (Å²) in [5.41, 5.74) is 0.691. The van der Waals surface area contributed by atoms with Gasteiger partial charge in [-0.2, -0.15) is 0 Å². The van der Waals surface area contributed by atoms with Crippen molar-refractivity contribution < 1.29 is 18.3 Å². The van der Waals surface area contributed by atoms with Gasteiger partial charge in [-0.25, -0.2) is 18.2 Å². The topological polar surface area (TPSA) is 87.6 Å². The van der Waals surface area contributed by atoms with Gasteiger partial charge in [-0.15, -0.1) is 0 Å². The first-order valence-electron chi connectivity index (χ1n) is 5.79. The third-order valence-corrected chi connectivity index (χ3v) is 4.47. The molecule has 0 radical (unpaired) electrons. The van der Waals surface area contributed by atoms with Crippen LogP contribution < -0.4 is 4.90 Å². The van der Waals surface area contributed by atoms with Crippen molar-refractivity contribution in [3.05, 3.63) is 30.0 Å². The Balaban J connectivity index is 2.05. The molecular formula is C12H14N2O4S. The van der Waals surface area contributed by atoms with E-state index in [1.807, 2.05) is 4.90 Å². The van der Waals surface area contributed by atoms with Crippen LogP contribution in [0.3, 0.4) is 0 Å². The molecule has 0 spiro atoms. The minimum atomic E-state index is -2.90. The lowest BCUT2D eigenvalue weighted by atomic mass is 10.2. The van der Waals surface area contributed by atoms with E-state index in [1.54, 1.807) is 18.3 Å². The normalized spacial score (nSPS) is 18.6. The summed E-state index contributed by atoms with van der Waals surface area (Å²) in [6.45, 7) is 0.888. The summed E-state index contributed by atoms with van der Waals surface area (Å²) in [6.07, 6.45) is 4.07. The van der Waals surface area contributed by atoms with E-state index in [4.69, 9.17) is 5.11 Å². The molecule has 0 saturated carbocycles. The molecule has 0 unspecified atom stereocenters. The number of hydrogen-bond acceptors (Lipinski definition) is 5. The van der Waals surface area contributed by atoms with Crippen LogP contribution in [0.2, 0.25) is 0 Å². The van der Waals surface area contributed by atoms with Crippen LogP contribution in [0.25, 0.3) is 6.08 Å². The van der Waals surface area contributed by atoms with Crippen molar-refractivity contribution in [1.82, 2.24) is 4.98 Å². The van der Waals surface area contributed by atoms with Gasteiger partial charge < -0.3 is 10.0 Å². The predicted octanol–water partition coefficient (Wildman–Crippen LogP) is 0.414. The molecule has 2 heterocycles. The Kier molecular flexibility index (Phi) is 3.84. The number of aromatic nitrogens is 1. The Hall–Kier alpha value is -1.89. The van der Waals surface area contributed by atoms with Gasteiger partial charge in [0.1, 0.15) is 5.82 Å². The monoisotopic (exact) mass is 282 g/mol. The van der Waals surface area contributed by atoms with Gasteiger partial charge in [0.15, 0.2) is 9.84 Å². The Morgan fingerprint density at radius 1 is 1.32 bits per heavy atom. The standard InChI is InChI=1S/C12H14N2O4S/c15-12(16)4-2-10-1-3-11(13-9-10)14-5-7-19(17,18)8-6-14/h1-4,9H,5-8H2,(H,15,16)/b4-2+. The third-order valence-electron chi connectivity index (χ3n) is 2.86. The molecule has 0 aliphatic carbocycles.